The lowest BCUT2D eigenvalue weighted by Crippen LogP contribution is -2.43. The van der Waals surface area contributed by atoms with Crippen LogP contribution < -0.4 is 5.32 Å². The fourth-order valence-electron chi connectivity index (χ4n) is 2.75. The largest absolute Gasteiger partial charge is 0.309 e. The number of hydrogen-bond acceptors (Lipinski definition) is 4. The van der Waals surface area contributed by atoms with Gasteiger partial charge < -0.3 is 4.90 Å². The Morgan fingerprint density at radius 1 is 0.957 bits per heavy atom. The maximum atomic E-state index is 11.4. The molecule has 0 rings (SSSR count). The fraction of sp³-hybridized carbons (Fsp3) is 1.00. The number of hydrogen-bond donors (Lipinski definition) is 2. The predicted octanol–water partition coefficient (Wildman–Crippen LogP) is 3.66. The van der Waals surface area contributed by atoms with E-state index in [1.807, 2.05) is 14.1 Å². The van der Waals surface area contributed by atoms with Crippen molar-refractivity contribution in [2.24, 2.45) is 0 Å². The van der Waals surface area contributed by atoms with Gasteiger partial charge in [-0.05, 0) is 39.9 Å². The zero-order chi connectivity index (χ0) is 17.7. The molecule has 0 bridgehead atoms. The van der Waals surface area contributed by atoms with Crippen molar-refractivity contribution in [3.05, 3.63) is 0 Å². The van der Waals surface area contributed by atoms with Gasteiger partial charge in [0.15, 0.2) is 0 Å². The first kappa shape index (κ1) is 22.8. The maximum Gasteiger partial charge on any atom is 0.281 e. The van der Waals surface area contributed by atoms with Crippen LogP contribution in [0.5, 0.6) is 0 Å². The summed E-state index contributed by atoms with van der Waals surface area (Å²) in [5.41, 5.74) is 0. The summed E-state index contributed by atoms with van der Waals surface area (Å²) < 4.78 is 32.1. The third-order valence-electron chi connectivity index (χ3n) is 4.23. The Morgan fingerprint density at radius 3 is 2.00 bits per heavy atom. The maximum absolute atomic E-state index is 11.4. The lowest BCUT2D eigenvalue weighted by Gasteiger charge is -2.24. The summed E-state index contributed by atoms with van der Waals surface area (Å²) in [6.07, 6.45) is 11.0. The molecule has 140 valence electrons. The summed E-state index contributed by atoms with van der Waals surface area (Å²) in [6.45, 7) is 4.92. The third-order valence-corrected chi connectivity index (χ3v) is 5.42. The highest BCUT2D eigenvalue weighted by Crippen LogP contribution is 2.13. The van der Waals surface area contributed by atoms with E-state index < -0.39 is 15.5 Å². The van der Waals surface area contributed by atoms with Crippen LogP contribution in [0.1, 0.15) is 78.1 Å². The summed E-state index contributed by atoms with van der Waals surface area (Å²) in [6, 6.07) is 0.139. The number of unbranched alkanes of at least 4 members (excludes halogenated alkanes) is 6. The topological polar surface area (TPSA) is 69.6 Å². The van der Waals surface area contributed by atoms with Crippen molar-refractivity contribution in [3.8, 4) is 0 Å². The first-order chi connectivity index (χ1) is 10.8. The van der Waals surface area contributed by atoms with E-state index in [2.05, 4.69) is 17.1 Å². The highest BCUT2D eigenvalue weighted by molar-refractivity contribution is 7.86. The minimum Gasteiger partial charge on any atom is -0.309 e. The predicted molar refractivity (Wildman–Crippen MR) is 98.3 cm³/mol. The van der Waals surface area contributed by atoms with Crippen molar-refractivity contribution in [2.45, 2.75) is 89.5 Å². The second-order valence-corrected chi connectivity index (χ2v) is 8.38. The molecule has 0 spiro atoms. The molecule has 0 fully saturated rings. The Labute approximate surface area is 144 Å². The van der Waals surface area contributed by atoms with Crippen molar-refractivity contribution in [1.82, 2.24) is 10.2 Å². The van der Waals surface area contributed by atoms with Crippen molar-refractivity contribution in [2.75, 3.05) is 20.6 Å². The summed E-state index contributed by atoms with van der Waals surface area (Å²) in [5.74, 6) is 0. The standard InChI is InChI=1S/C17H38N2O3S/c1-5-7-8-9-10-11-12-13-16(14-15-19(3)4)18-17(6-2)23(20,21)22/h16-18H,5-15H2,1-4H3,(H,20,21,22). The van der Waals surface area contributed by atoms with Crippen LogP contribution in [0.2, 0.25) is 0 Å². The average molecular weight is 351 g/mol. The average Bonchev–Trinajstić information content (AvgIpc) is 2.46. The molecule has 0 aliphatic heterocycles. The minimum atomic E-state index is -4.02. The van der Waals surface area contributed by atoms with Crippen molar-refractivity contribution >= 4 is 10.1 Å². The molecule has 0 heterocycles. The number of rotatable bonds is 15. The third kappa shape index (κ3) is 12.9. The van der Waals surface area contributed by atoms with Crippen LogP contribution in [0.15, 0.2) is 0 Å². The summed E-state index contributed by atoms with van der Waals surface area (Å²) >= 11 is 0. The number of nitrogens with zero attached hydrogens (tertiary/aromatic N) is 1. The van der Waals surface area contributed by atoms with Crippen molar-refractivity contribution in [1.29, 1.82) is 0 Å². The van der Waals surface area contributed by atoms with E-state index in [9.17, 15) is 13.0 Å². The van der Waals surface area contributed by atoms with Gasteiger partial charge in [0.05, 0.1) is 0 Å². The molecular weight excluding hydrogens is 312 g/mol. The quantitative estimate of drug-likeness (QED) is 0.348. The first-order valence-electron chi connectivity index (χ1n) is 9.18. The molecule has 0 aliphatic carbocycles. The van der Waals surface area contributed by atoms with E-state index in [4.69, 9.17) is 0 Å². The van der Waals surface area contributed by atoms with Crippen LogP contribution >= 0.6 is 0 Å². The van der Waals surface area contributed by atoms with E-state index >= 15 is 0 Å². The molecule has 2 unspecified atom stereocenters. The highest BCUT2D eigenvalue weighted by Gasteiger charge is 2.23. The second-order valence-electron chi connectivity index (χ2n) is 6.78. The highest BCUT2D eigenvalue weighted by atomic mass is 32.2. The van der Waals surface area contributed by atoms with Gasteiger partial charge >= 0.3 is 0 Å². The van der Waals surface area contributed by atoms with Crippen molar-refractivity contribution in [3.63, 3.8) is 0 Å². The summed E-state index contributed by atoms with van der Waals surface area (Å²) in [5, 5.41) is 2.30. The zero-order valence-electron chi connectivity index (χ0n) is 15.6. The second kappa shape index (κ2) is 13.2. The Balaban J connectivity index is 4.24. The fourth-order valence-corrected chi connectivity index (χ4v) is 3.54. The van der Waals surface area contributed by atoms with Crippen LogP contribution in [0, 0.1) is 0 Å². The van der Waals surface area contributed by atoms with Gasteiger partial charge in [-0.1, -0.05) is 58.8 Å². The molecule has 0 saturated heterocycles. The normalized spacial score (nSPS) is 15.0. The molecule has 0 aromatic carbocycles. The molecule has 0 radical (unpaired) electrons. The van der Waals surface area contributed by atoms with E-state index in [-0.39, 0.29) is 6.04 Å². The molecule has 0 amide bonds. The molecule has 6 heteroatoms. The Kier molecular flexibility index (Phi) is 13.1. The van der Waals surface area contributed by atoms with Crippen molar-refractivity contribution < 1.29 is 13.0 Å². The van der Waals surface area contributed by atoms with Gasteiger partial charge in [0.2, 0.25) is 0 Å². The van der Waals surface area contributed by atoms with Crippen LogP contribution in [-0.4, -0.2) is 49.9 Å². The molecule has 0 aliphatic rings. The molecule has 2 N–H and O–H groups in total. The molecule has 0 aromatic rings. The van der Waals surface area contributed by atoms with Gasteiger partial charge in [-0.2, -0.15) is 8.42 Å². The van der Waals surface area contributed by atoms with E-state index in [0.29, 0.717) is 6.42 Å². The SMILES string of the molecule is CCCCCCCCCC(CCN(C)C)NC(CC)S(=O)(=O)O. The smallest absolute Gasteiger partial charge is 0.281 e. The molecular formula is C17H38N2O3S. The van der Waals surface area contributed by atoms with Crippen LogP contribution in [0.4, 0.5) is 0 Å². The molecule has 23 heavy (non-hydrogen) atoms. The minimum absolute atomic E-state index is 0.139. The lowest BCUT2D eigenvalue weighted by atomic mass is 10.0. The van der Waals surface area contributed by atoms with Gasteiger partial charge in [0.1, 0.15) is 5.37 Å². The Bertz CT molecular complexity index is 372. The molecule has 0 saturated carbocycles. The molecule has 5 nitrogen and oxygen atoms in total. The van der Waals surface area contributed by atoms with E-state index in [1.165, 1.54) is 38.5 Å². The van der Waals surface area contributed by atoms with Crippen LogP contribution in [0.25, 0.3) is 0 Å². The van der Waals surface area contributed by atoms with Gasteiger partial charge in [0, 0.05) is 6.04 Å². The van der Waals surface area contributed by atoms with E-state index in [0.717, 1.165) is 25.8 Å². The van der Waals surface area contributed by atoms with Gasteiger partial charge in [0.25, 0.3) is 10.1 Å². The summed E-state index contributed by atoms with van der Waals surface area (Å²) in [7, 11) is 0.0186. The monoisotopic (exact) mass is 350 g/mol. The van der Waals surface area contributed by atoms with E-state index in [1.54, 1.807) is 6.92 Å². The Morgan fingerprint density at radius 2 is 1.52 bits per heavy atom. The van der Waals surface area contributed by atoms with Gasteiger partial charge in [-0.25, -0.2) is 0 Å². The molecule has 0 aromatic heterocycles. The van der Waals surface area contributed by atoms with Gasteiger partial charge in [-0.3, -0.25) is 9.87 Å². The molecule has 2 atom stereocenters. The first-order valence-corrected chi connectivity index (χ1v) is 10.7. The number of nitrogens with one attached hydrogen (secondary N) is 1. The lowest BCUT2D eigenvalue weighted by molar-refractivity contribution is 0.330. The van der Waals surface area contributed by atoms with Gasteiger partial charge in [-0.15, -0.1) is 0 Å². The van der Waals surface area contributed by atoms with Crippen LogP contribution in [0.3, 0.4) is 0 Å². The Hall–Kier alpha value is -0.170. The summed E-state index contributed by atoms with van der Waals surface area (Å²) in [4.78, 5) is 2.10. The zero-order valence-corrected chi connectivity index (χ0v) is 16.4. The van der Waals surface area contributed by atoms with Crippen LogP contribution in [-0.2, 0) is 10.1 Å².